The Kier molecular flexibility index (Phi) is 6.90. The lowest BCUT2D eigenvalue weighted by Crippen LogP contribution is -2.15. The van der Waals surface area contributed by atoms with Crippen LogP contribution in [0, 0.1) is 0 Å². The minimum atomic E-state index is 0.390. The van der Waals surface area contributed by atoms with Gasteiger partial charge in [0.1, 0.15) is 5.75 Å². The molecule has 0 heterocycles. The number of phenols is 1. The normalized spacial score (nSPS) is 11.1. The maximum absolute atomic E-state index is 10.1. The maximum Gasteiger partial charge on any atom is 0.120 e. The summed E-state index contributed by atoms with van der Waals surface area (Å²) in [5.41, 5.74) is 1.01. The quantitative estimate of drug-likeness (QED) is 0.666. The predicted octanol–water partition coefficient (Wildman–Crippen LogP) is 4.56. The number of rotatable bonds is 9. The van der Waals surface area contributed by atoms with Crippen LogP contribution in [-0.4, -0.2) is 23.7 Å². The van der Waals surface area contributed by atoms with Gasteiger partial charge in [-0.25, -0.2) is 0 Å². The Labute approximate surface area is 131 Å². The number of benzene rings is 2. The van der Waals surface area contributed by atoms with Crippen molar-refractivity contribution in [1.82, 2.24) is 5.32 Å². The summed E-state index contributed by atoms with van der Waals surface area (Å²) in [4.78, 5) is 0. The molecule has 2 N–H and O–H groups in total. The molecular formula is C18H25NOS. The lowest BCUT2D eigenvalue weighted by Gasteiger charge is -2.10. The molecule has 2 aromatic rings. The average molecular weight is 303 g/mol. The van der Waals surface area contributed by atoms with Crippen molar-refractivity contribution in [2.24, 2.45) is 0 Å². The van der Waals surface area contributed by atoms with E-state index in [1.807, 2.05) is 30.0 Å². The summed E-state index contributed by atoms with van der Waals surface area (Å²) in [5, 5.41) is 15.9. The van der Waals surface area contributed by atoms with Crippen molar-refractivity contribution in [2.75, 3.05) is 18.6 Å². The molecule has 2 nitrogen and oxygen atoms in total. The fraction of sp³-hybridized carbons (Fsp3) is 0.444. The van der Waals surface area contributed by atoms with Gasteiger partial charge in [-0.1, -0.05) is 43.2 Å². The van der Waals surface area contributed by atoms with E-state index < -0.39 is 0 Å². The van der Waals surface area contributed by atoms with Crippen molar-refractivity contribution in [3.8, 4) is 5.75 Å². The summed E-state index contributed by atoms with van der Waals surface area (Å²) in [6.07, 6.45) is 7.31. The Bertz CT molecular complexity index is 556. The first-order valence-corrected chi connectivity index (χ1v) is 9.11. The van der Waals surface area contributed by atoms with Crippen LogP contribution < -0.4 is 5.32 Å². The minimum Gasteiger partial charge on any atom is -0.508 e. The third-order valence-electron chi connectivity index (χ3n) is 3.77. The summed E-state index contributed by atoms with van der Waals surface area (Å²) in [7, 11) is 0. The van der Waals surface area contributed by atoms with Gasteiger partial charge in [0.05, 0.1) is 0 Å². The SMILES string of the molecule is CSCCCCCCNCc1c(O)ccc2ccccc12. The minimum absolute atomic E-state index is 0.390. The van der Waals surface area contributed by atoms with Crippen molar-refractivity contribution in [3.05, 3.63) is 42.0 Å². The number of aromatic hydroxyl groups is 1. The van der Waals surface area contributed by atoms with Crippen molar-refractivity contribution < 1.29 is 5.11 Å². The number of hydrogen-bond donors (Lipinski definition) is 2. The summed E-state index contributed by atoms with van der Waals surface area (Å²) in [5.74, 6) is 1.67. The van der Waals surface area contributed by atoms with E-state index in [0.717, 1.165) is 24.0 Å². The number of fused-ring (bicyclic) bond motifs is 1. The van der Waals surface area contributed by atoms with Crippen molar-refractivity contribution in [2.45, 2.75) is 32.2 Å². The summed E-state index contributed by atoms with van der Waals surface area (Å²) < 4.78 is 0. The Morgan fingerprint density at radius 3 is 2.67 bits per heavy atom. The monoisotopic (exact) mass is 303 g/mol. The Morgan fingerprint density at radius 2 is 1.81 bits per heavy atom. The first-order chi connectivity index (χ1) is 10.3. The van der Waals surface area contributed by atoms with Crippen LogP contribution in [0.2, 0.25) is 0 Å². The second-order valence-corrected chi connectivity index (χ2v) is 6.35. The fourth-order valence-electron chi connectivity index (χ4n) is 2.57. The van der Waals surface area contributed by atoms with Gasteiger partial charge in [0.15, 0.2) is 0 Å². The zero-order valence-corrected chi connectivity index (χ0v) is 13.6. The van der Waals surface area contributed by atoms with Crippen LogP contribution in [-0.2, 0) is 6.54 Å². The molecule has 3 heteroatoms. The van der Waals surface area contributed by atoms with Crippen molar-refractivity contribution in [3.63, 3.8) is 0 Å². The predicted molar refractivity (Wildman–Crippen MR) is 94.2 cm³/mol. The van der Waals surface area contributed by atoms with Crippen LogP contribution >= 0.6 is 11.8 Å². The molecular weight excluding hydrogens is 278 g/mol. The van der Waals surface area contributed by atoms with E-state index >= 15 is 0 Å². The van der Waals surface area contributed by atoms with E-state index in [4.69, 9.17) is 0 Å². The third kappa shape index (κ3) is 4.94. The van der Waals surface area contributed by atoms with E-state index in [0.29, 0.717) is 5.75 Å². The Balaban J connectivity index is 1.79. The number of phenolic OH excluding ortho intramolecular Hbond substituents is 1. The summed E-state index contributed by atoms with van der Waals surface area (Å²) >= 11 is 1.93. The Hall–Kier alpha value is -1.19. The smallest absolute Gasteiger partial charge is 0.120 e. The topological polar surface area (TPSA) is 32.3 Å². The van der Waals surface area contributed by atoms with Gasteiger partial charge in [0.25, 0.3) is 0 Å². The Morgan fingerprint density at radius 1 is 1.00 bits per heavy atom. The second kappa shape index (κ2) is 8.96. The molecule has 114 valence electrons. The molecule has 0 aliphatic rings. The van der Waals surface area contributed by atoms with Crippen LogP contribution in [0.15, 0.2) is 36.4 Å². The van der Waals surface area contributed by atoms with Gasteiger partial charge in [-0.2, -0.15) is 11.8 Å². The lowest BCUT2D eigenvalue weighted by atomic mass is 10.0. The van der Waals surface area contributed by atoms with Gasteiger partial charge in [-0.3, -0.25) is 0 Å². The molecule has 0 radical (unpaired) electrons. The van der Waals surface area contributed by atoms with Crippen LogP contribution in [0.4, 0.5) is 0 Å². The number of thioether (sulfide) groups is 1. The molecule has 0 saturated carbocycles. The summed E-state index contributed by atoms with van der Waals surface area (Å²) in [6, 6.07) is 12.0. The van der Waals surface area contributed by atoms with Gasteiger partial charge in [0.2, 0.25) is 0 Å². The van der Waals surface area contributed by atoms with Crippen LogP contribution in [0.5, 0.6) is 5.75 Å². The molecule has 2 aromatic carbocycles. The molecule has 0 atom stereocenters. The molecule has 0 bridgehead atoms. The summed E-state index contributed by atoms with van der Waals surface area (Å²) in [6.45, 7) is 1.75. The van der Waals surface area contributed by atoms with Gasteiger partial charge in [-0.15, -0.1) is 0 Å². The first kappa shape index (κ1) is 16.2. The first-order valence-electron chi connectivity index (χ1n) is 7.72. The van der Waals surface area contributed by atoms with Crippen molar-refractivity contribution in [1.29, 1.82) is 0 Å². The molecule has 0 aliphatic carbocycles. The standard InChI is InChI=1S/C18H25NOS/c1-21-13-7-3-2-6-12-19-14-17-16-9-5-4-8-15(16)10-11-18(17)20/h4-5,8-11,19-20H,2-3,6-7,12-14H2,1H3. The highest BCUT2D eigenvalue weighted by Crippen LogP contribution is 2.26. The molecule has 0 fully saturated rings. The second-order valence-electron chi connectivity index (χ2n) is 5.37. The molecule has 0 aliphatic heterocycles. The van der Waals surface area contributed by atoms with Gasteiger partial charge in [0, 0.05) is 12.1 Å². The highest BCUT2D eigenvalue weighted by Gasteiger charge is 2.05. The highest BCUT2D eigenvalue weighted by atomic mass is 32.2. The van der Waals surface area contributed by atoms with Crippen LogP contribution in [0.25, 0.3) is 10.8 Å². The van der Waals surface area contributed by atoms with Crippen LogP contribution in [0.3, 0.4) is 0 Å². The molecule has 0 amide bonds. The van der Waals surface area contributed by atoms with E-state index in [9.17, 15) is 5.11 Å². The molecule has 21 heavy (non-hydrogen) atoms. The number of nitrogens with one attached hydrogen (secondary N) is 1. The van der Waals surface area contributed by atoms with Crippen LogP contribution in [0.1, 0.15) is 31.2 Å². The molecule has 2 rings (SSSR count). The number of unbranched alkanes of at least 4 members (excludes halogenated alkanes) is 3. The van der Waals surface area contributed by atoms with Gasteiger partial charge < -0.3 is 10.4 Å². The largest absolute Gasteiger partial charge is 0.508 e. The zero-order valence-electron chi connectivity index (χ0n) is 12.8. The van der Waals surface area contributed by atoms with E-state index in [-0.39, 0.29) is 0 Å². The molecule has 0 saturated heterocycles. The van der Waals surface area contributed by atoms with Gasteiger partial charge in [-0.05, 0) is 48.2 Å². The van der Waals surface area contributed by atoms with E-state index in [2.05, 4.69) is 23.7 Å². The average Bonchev–Trinajstić information content (AvgIpc) is 2.51. The lowest BCUT2D eigenvalue weighted by molar-refractivity contribution is 0.465. The van der Waals surface area contributed by atoms with E-state index in [1.165, 1.54) is 36.8 Å². The van der Waals surface area contributed by atoms with Crippen molar-refractivity contribution >= 4 is 22.5 Å². The third-order valence-corrected chi connectivity index (χ3v) is 4.47. The maximum atomic E-state index is 10.1. The fourth-order valence-corrected chi connectivity index (χ4v) is 3.07. The highest BCUT2D eigenvalue weighted by molar-refractivity contribution is 7.98. The zero-order chi connectivity index (χ0) is 14.9. The van der Waals surface area contributed by atoms with E-state index in [1.54, 1.807) is 6.07 Å². The van der Waals surface area contributed by atoms with Gasteiger partial charge >= 0.3 is 0 Å². The molecule has 0 aromatic heterocycles. The number of hydrogen-bond acceptors (Lipinski definition) is 3. The molecule has 0 spiro atoms. The molecule has 0 unspecified atom stereocenters.